The quantitative estimate of drug-likeness (QED) is 0.370. The molecule has 35 heavy (non-hydrogen) atoms. The number of halogens is 2. The molecule has 2 heterocycles. The average Bonchev–Trinajstić information content (AvgIpc) is 3.39. The standard InChI is InChI=1S/C23H20F2N4O4S2/c1-3-33-22(30)19-12-34-23(27-19)29-13(2)17(21(28-29)15-5-7-16(24)8-6-15)10-14-4-9-20(18(25)11-14)35(26,31)32/h4-9,11-12H,3,10H2,1-2H3,(H2,26,31,32). The van der Waals surface area contributed by atoms with Crippen LogP contribution in [-0.2, 0) is 21.2 Å². The van der Waals surface area contributed by atoms with Gasteiger partial charge in [-0.2, -0.15) is 5.10 Å². The van der Waals surface area contributed by atoms with Gasteiger partial charge in [0.05, 0.1) is 12.3 Å². The molecule has 0 atom stereocenters. The first-order chi connectivity index (χ1) is 16.6. The zero-order chi connectivity index (χ0) is 25.3. The monoisotopic (exact) mass is 518 g/mol. The van der Waals surface area contributed by atoms with E-state index >= 15 is 0 Å². The van der Waals surface area contributed by atoms with Gasteiger partial charge in [-0.05, 0) is 55.8 Å². The van der Waals surface area contributed by atoms with Gasteiger partial charge in [0, 0.05) is 28.6 Å². The number of ether oxygens (including phenoxy) is 1. The van der Waals surface area contributed by atoms with Gasteiger partial charge in [-0.3, -0.25) is 0 Å². The highest BCUT2D eigenvalue weighted by molar-refractivity contribution is 7.89. The molecule has 0 radical (unpaired) electrons. The van der Waals surface area contributed by atoms with Crippen molar-refractivity contribution < 1.29 is 26.7 Å². The second-order valence-corrected chi connectivity index (χ2v) is 9.92. The number of primary sulfonamides is 1. The van der Waals surface area contributed by atoms with Gasteiger partial charge in [-0.25, -0.2) is 36.8 Å². The van der Waals surface area contributed by atoms with Crippen molar-refractivity contribution in [3.05, 3.63) is 82.0 Å². The molecule has 0 saturated heterocycles. The summed E-state index contributed by atoms with van der Waals surface area (Å²) in [5.74, 6) is -1.92. The van der Waals surface area contributed by atoms with Crippen molar-refractivity contribution in [1.82, 2.24) is 14.8 Å². The summed E-state index contributed by atoms with van der Waals surface area (Å²) in [7, 11) is -4.20. The van der Waals surface area contributed by atoms with E-state index in [1.54, 1.807) is 36.0 Å². The molecule has 0 fully saturated rings. The third-order valence-corrected chi connectivity index (χ3v) is 6.96. The molecule has 0 saturated carbocycles. The number of aromatic nitrogens is 3. The van der Waals surface area contributed by atoms with E-state index in [9.17, 15) is 22.0 Å². The van der Waals surface area contributed by atoms with E-state index in [-0.39, 0.29) is 18.7 Å². The van der Waals surface area contributed by atoms with Crippen LogP contribution in [-0.4, -0.2) is 35.8 Å². The zero-order valence-electron chi connectivity index (χ0n) is 18.7. The second kappa shape index (κ2) is 9.64. The lowest BCUT2D eigenvalue weighted by molar-refractivity contribution is 0.0520. The fourth-order valence-electron chi connectivity index (χ4n) is 3.52. The number of nitrogens with zero attached hydrogens (tertiary/aromatic N) is 3. The van der Waals surface area contributed by atoms with Crippen LogP contribution < -0.4 is 5.14 Å². The van der Waals surface area contributed by atoms with Crippen LogP contribution in [0.5, 0.6) is 0 Å². The smallest absolute Gasteiger partial charge is 0.357 e. The maximum absolute atomic E-state index is 14.5. The topological polar surface area (TPSA) is 117 Å². The van der Waals surface area contributed by atoms with Crippen molar-refractivity contribution in [2.75, 3.05) is 6.61 Å². The molecule has 8 nitrogen and oxygen atoms in total. The number of carbonyl (C=O) groups excluding carboxylic acids is 1. The highest BCUT2D eigenvalue weighted by Gasteiger charge is 2.22. The molecule has 4 rings (SSSR count). The number of hydrogen-bond donors (Lipinski definition) is 1. The van der Waals surface area contributed by atoms with E-state index in [0.717, 1.165) is 12.1 Å². The molecule has 182 valence electrons. The van der Waals surface area contributed by atoms with Crippen molar-refractivity contribution in [2.24, 2.45) is 5.14 Å². The zero-order valence-corrected chi connectivity index (χ0v) is 20.3. The molecule has 4 aromatic rings. The summed E-state index contributed by atoms with van der Waals surface area (Å²) in [6, 6.07) is 9.43. The summed E-state index contributed by atoms with van der Waals surface area (Å²) >= 11 is 1.19. The van der Waals surface area contributed by atoms with E-state index in [2.05, 4.69) is 10.1 Å². The van der Waals surface area contributed by atoms with Crippen molar-refractivity contribution in [1.29, 1.82) is 0 Å². The molecule has 0 aliphatic carbocycles. The molecule has 2 N–H and O–H groups in total. The molecule has 2 aromatic heterocycles. The number of nitrogens with two attached hydrogens (primary N) is 1. The van der Waals surface area contributed by atoms with E-state index < -0.39 is 32.5 Å². The Balaban J connectivity index is 1.80. The maximum atomic E-state index is 14.5. The van der Waals surface area contributed by atoms with Crippen LogP contribution in [0.25, 0.3) is 16.4 Å². The molecular weight excluding hydrogens is 498 g/mol. The molecule has 0 spiro atoms. The third-order valence-electron chi connectivity index (χ3n) is 5.20. The highest BCUT2D eigenvalue weighted by atomic mass is 32.2. The molecule has 0 aliphatic heterocycles. The predicted molar refractivity (Wildman–Crippen MR) is 126 cm³/mol. The van der Waals surface area contributed by atoms with Gasteiger partial charge in [0.25, 0.3) is 0 Å². The Morgan fingerprint density at radius 2 is 1.89 bits per heavy atom. The first kappa shape index (κ1) is 24.6. The summed E-state index contributed by atoms with van der Waals surface area (Å²) in [6.07, 6.45) is 0.191. The Kier molecular flexibility index (Phi) is 6.79. The molecule has 2 aromatic carbocycles. The van der Waals surface area contributed by atoms with Crippen LogP contribution in [0.1, 0.15) is 34.2 Å². The summed E-state index contributed by atoms with van der Waals surface area (Å²) in [5, 5.41) is 11.7. The van der Waals surface area contributed by atoms with Crippen LogP contribution in [0.2, 0.25) is 0 Å². The Bertz CT molecular complexity index is 1510. The van der Waals surface area contributed by atoms with Gasteiger partial charge in [0.1, 0.15) is 16.5 Å². The fourth-order valence-corrected chi connectivity index (χ4v) is 4.90. The van der Waals surface area contributed by atoms with Crippen molar-refractivity contribution >= 4 is 27.3 Å². The lowest BCUT2D eigenvalue weighted by Crippen LogP contribution is -2.14. The average molecular weight is 519 g/mol. The third kappa shape index (κ3) is 5.14. The van der Waals surface area contributed by atoms with E-state index in [4.69, 9.17) is 9.88 Å². The maximum Gasteiger partial charge on any atom is 0.357 e. The van der Waals surface area contributed by atoms with Crippen molar-refractivity contribution in [2.45, 2.75) is 25.2 Å². The lowest BCUT2D eigenvalue weighted by Gasteiger charge is -2.07. The number of sulfonamides is 1. The molecule has 0 amide bonds. The van der Waals surface area contributed by atoms with Gasteiger partial charge in [0.2, 0.25) is 15.2 Å². The highest BCUT2D eigenvalue weighted by Crippen LogP contribution is 2.31. The summed E-state index contributed by atoms with van der Waals surface area (Å²) in [6.45, 7) is 3.70. The normalized spacial score (nSPS) is 11.6. The first-order valence-corrected chi connectivity index (χ1v) is 12.8. The van der Waals surface area contributed by atoms with E-state index in [0.29, 0.717) is 33.2 Å². The Hall–Kier alpha value is -3.48. The Morgan fingerprint density at radius 3 is 2.51 bits per heavy atom. The second-order valence-electron chi connectivity index (χ2n) is 7.55. The van der Waals surface area contributed by atoms with Gasteiger partial charge in [-0.1, -0.05) is 6.07 Å². The van der Waals surface area contributed by atoms with Gasteiger partial charge < -0.3 is 4.74 Å². The molecule has 12 heteroatoms. The van der Waals surface area contributed by atoms with Gasteiger partial charge in [-0.15, -0.1) is 11.3 Å². The lowest BCUT2D eigenvalue weighted by atomic mass is 9.99. The van der Waals surface area contributed by atoms with Crippen LogP contribution in [0.3, 0.4) is 0 Å². The van der Waals surface area contributed by atoms with E-state index in [1.165, 1.54) is 29.5 Å². The Morgan fingerprint density at radius 1 is 1.17 bits per heavy atom. The van der Waals surface area contributed by atoms with Crippen LogP contribution in [0, 0.1) is 18.6 Å². The number of thiazole rings is 1. The fraction of sp³-hybridized carbons (Fsp3) is 0.174. The minimum atomic E-state index is -4.20. The molecule has 0 bridgehead atoms. The van der Waals surface area contributed by atoms with Gasteiger partial charge in [0.15, 0.2) is 5.69 Å². The SMILES string of the molecule is CCOC(=O)c1csc(-n2nc(-c3ccc(F)cc3)c(Cc3ccc(S(N)(=O)=O)c(F)c3)c2C)n1. The van der Waals surface area contributed by atoms with Gasteiger partial charge >= 0.3 is 5.97 Å². The van der Waals surface area contributed by atoms with Crippen molar-refractivity contribution in [3.63, 3.8) is 0 Å². The number of benzene rings is 2. The minimum Gasteiger partial charge on any atom is -0.461 e. The first-order valence-electron chi connectivity index (χ1n) is 10.4. The van der Waals surface area contributed by atoms with Crippen LogP contribution in [0.4, 0.5) is 8.78 Å². The summed E-state index contributed by atoms with van der Waals surface area (Å²) in [5.41, 5.74) is 3.09. The minimum absolute atomic E-state index is 0.146. The number of rotatable bonds is 7. The largest absolute Gasteiger partial charge is 0.461 e. The van der Waals surface area contributed by atoms with Crippen molar-refractivity contribution in [3.8, 4) is 16.4 Å². The van der Waals surface area contributed by atoms with E-state index in [1.807, 2.05) is 0 Å². The number of esters is 1. The Labute approximate surface area is 204 Å². The predicted octanol–water partition coefficient (Wildman–Crippen LogP) is 4.00. The molecule has 0 unspecified atom stereocenters. The van der Waals surface area contributed by atoms with Crippen LogP contribution >= 0.6 is 11.3 Å². The number of hydrogen-bond acceptors (Lipinski definition) is 7. The summed E-state index contributed by atoms with van der Waals surface area (Å²) in [4.78, 5) is 15.8. The van der Waals surface area contributed by atoms with Crippen LogP contribution in [0.15, 0.2) is 52.7 Å². The number of carbonyl (C=O) groups is 1. The molecular formula is C23H20F2N4O4S2. The summed E-state index contributed by atoms with van der Waals surface area (Å²) < 4.78 is 57.6. The molecule has 0 aliphatic rings.